The molecule has 15 nitrogen and oxygen atoms in total. The lowest BCUT2D eigenvalue weighted by Gasteiger charge is -2.34. The molecule has 52 heavy (non-hydrogen) atoms. The lowest BCUT2D eigenvalue weighted by atomic mass is 9.90. The van der Waals surface area contributed by atoms with Crippen LogP contribution in [0.3, 0.4) is 0 Å². The van der Waals surface area contributed by atoms with Gasteiger partial charge >= 0.3 is 5.97 Å². The quantitative estimate of drug-likeness (QED) is 0.0854. The molecule has 7 atom stereocenters. The van der Waals surface area contributed by atoms with Crippen LogP contribution in [0.4, 0.5) is 0 Å². The maximum atomic E-state index is 14.1. The van der Waals surface area contributed by atoms with Gasteiger partial charge in [0.2, 0.25) is 29.5 Å². The zero-order chi connectivity index (χ0) is 38.6. The van der Waals surface area contributed by atoms with E-state index in [1.165, 1.54) is 11.8 Å². The molecule has 0 aromatic rings. The highest BCUT2D eigenvalue weighted by Crippen LogP contribution is 2.27. The van der Waals surface area contributed by atoms with Crippen LogP contribution in [-0.2, 0) is 38.2 Å². The summed E-state index contributed by atoms with van der Waals surface area (Å²) in [6.45, 7) is 7.21. The highest BCUT2D eigenvalue weighted by molar-refractivity contribution is 5.96. The Morgan fingerprint density at radius 1 is 0.750 bits per heavy atom. The van der Waals surface area contributed by atoms with Crippen molar-refractivity contribution >= 4 is 35.5 Å². The maximum absolute atomic E-state index is 14.1. The molecule has 0 radical (unpaired) electrons. The summed E-state index contributed by atoms with van der Waals surface area (Å²) in [6.07, 6.45) is 9.81. The number of hydrogen-bond donors (Lipinski definition) is 6. The van der Waals surface area contributed by atoms with Crippen LogP contribution in [0, 0.1) is 11.8 Å². The molecule has 5 amide bonds. The molecule has 0 unspecified atom stereocenters. The molecule has 1 saturated heterocycles. The first-order chi connectivity index (χ1) is 24.9. The van der Waals surface area contributed by atoms with Crippen molar-refractivity contribution in [3.05, 3.63) is 0 Å². The van der Waals surface area contributed by atoms with E-state index < -0.39 is 71.8 Å². The van der Waals surface area contributed by atoms with E-state index in [-0.39, 0.29) is 31.6 Å². The summed E-state index contributed by atoms with van der Waals surface area (Å²) >= 11 is 0. The van der Waals surface area contributed by atoms with Crippen LogP contribution in [0.15, 0.2) is 0 Å². The fraction of sp³-hybridized carbons (Fsp3) is 0.838. The molecule has 0 bridgehead atoms. The molecule has 2 fully saturated rings. The first-order valence-electron chi connectivity index (χ1n) is 19.6. The van der Waals surface area contributed by atoms with Gasteiger partial charge in [-0.25, -0.2) is 4.79 Å². The number of nitrogens with zero attached hydrogens (tertiary/aromatic N) is 1. The van der Waals surface area contributed by atoms with Gasteiger partial charge in [0.15, 0.2) is 0 Å². The van der Waals surface area contributed by atoms with Crippen LogP contribution in [0.1, 0.15) is 118 Å². The van der Waals surface area contributed by atoms with E-state index in [9.17, 15) is 28.8 Å². The smallest absolute Gasteiger partial charge is 0.328 e. The minimum Gasteiger partial charge on any atom is -0.460 e. The lowest BCUT2D eigenvalue weighted by molar-refractivity contribution is -0.160. The molecule has 2 aliphatic rings. The van der Waals surface area contributed by atoms with Crippen molar-refractivity contribution in [3.63, 3.8) is 0 Å². The number of nitrogens with two attached hydrogens (primary N) is 2. The fourth-order valence-electron chi connectivity index (χ4n) is 6.84. The number of amides is 5. The Bertz CT molecular complexity index is 1150. The van der Waals surface area contributed by atoms with Gasteiger partial charge in [-0.1, -0.05) is 72.1 Å². The van der Waals surface area contributed by atoms with Crippen molar-refractivity contribution in [2.45, 2.75) is 154 Å². The maximum Gasteiger partial charge on any atom is 0.328 e. The second-order valence-corrected chi connectivity index (χ2v) is 14.4. The Morgan fingerprint density at radius 2 is 1.40 bits per heavy atom. The van der Waals surface area contributed by atoms with Gasteiger partial charge in [-0.2, -0.15) is 0 Å². The van der Waals surface area contributed by atoms with Crippen LogP contribution in [0.25, 0.3) is 0 Å². The SMILES string of the molecule is CCCCCC[C@H]1OC(=O)[C@@H](C)NC(=O)[C@H](COCCCN)NC(=O)[C@H](CN)NC(=O)[C@H](C2CCCCCC2)NC(=O)[C@H](CCC)N(C)C(=O)[C@@H]1C. The van der Waals surface area contributed by atoms with Crippen molar-refractivity contribution in [2.75, 3.05) is 33.4 Å². The molecule has 0 spiro atoms. The van der Waals surface area contributed by atoms with E-state index in [1.807, 2.05) is 6.92 Å². The number of likely N-dealkylation sites (N-methyl/N-ethyl adjacent to an activating group) is 1. The number of unbranched alkanes of at least 4 members (excludes halogenated alkanes) is 3. The fourth-order valence-corrected chi connectivity index (χ4v) is 6.84. The van der Waals surface area contributed by atoms with Crippen molar-refractivity contribution in [3.8, 4) is 0 Å². The highest BCUT2D eigenvalue weighted by Gasteiger charge is 2.39. The molecule has 2 rings (SSSR count). The number of rotatable bonds is 14. The van der Waals surface area contributed by atoms with Crippen LogP contribution in [0.2, 0.25) is 0 Å². The van der Waals surface area contributed by atoms with E-state index in [0.717, 1.165) is 44.9 Å². The van der Waals surface area contributed by atoms with Crippen molar-refractivity contribution < 1.29 is 38.2 Å². The number of esters is 1. The third-order valence-corrected chi connectivity index (χ3v) is 10.2. The van der Waals surface area contributed by atoms with E-state index in [0.29, 0.717) is 51.5 Å². The largest absolute Gasteiger partial charge is 0.460 e. The van der Waals surface area contributed by atoms with Gasteiger partial charge in [0.1, 0.15) is 36.3 Å². The number of nitrogens with one attached hydrogen (secondary N) is 4. The Hall–Kier alpha value is -3.30. The molecule has 0 aromatic heterocycles. The molecule has 298 valence electrons. The van der Waals surface area contributed by atoms with Gasteiger partial charge in [-0.05, 0) is 57.9 Å². The lowest BCUT2D eigenvalue weighted by Crippen LogP contribution is -2.62. The topological polar surface area (TPSA) is 224 Å². The standard InChI is InChI=1S/C37H67N7O8/c1-6-8-9-14-19-30-24(3)36(49)44(5)29(16-7-2)34(47)43-31(26-17-12-10-11-13-18-26)35(48)41-27(22-39)32(45)42-28(23-51-21-15-20-38)33(46)40-25(4)37(50)52-30/h24-31H,6-23,38-39H2,1-5H3,(H,40,46)(H,41,48)(H,42,45)(H,43,47)/t24-,25-,27+,28+,29+,30-,31+/m1/s1. The predicted octanol–water partition coefficient (Wildman–Crippen LogP) is 1.40. The van der Waals surface area contributed by atoms with Crippen LogP contribution in [0.5, 0.6) is 0 Å². The molecular formula is C37H67N7O8. The summed E-state index contributed by atoms with van der Waals surface area (Å²) in [5, 5.41) is 10.9. The molecule has 0 aromatic carbocycles. The van der Waals surface area contributed by atoms with Gasteiger partial charge in [-0.3, -0.25) is 24.0 Å². The van der Waals surface area contributed by atoms with E-state index in [2.05, 4.69) is 28.2 Å². The number of carbonyl (C=O) groups is 6. The molecule has 1 heterocycles. The zero-order valence-corrected chi connectivity index (χ0v) is 32.2. The third kappa shape index (κ3) is 14.3. The number of ether oxygens (including phenoxy) is 2. The Kier molecular flexibility index (Phi) is 20.8. The van der Waals surface area contributed by atoms with E-state index in [4.69, 9.17) is 20.9 Å². The predicted molar refractivity (Wildman–Crippen MR) is 197 cm³/mol. The monoisotopic (exact) mass is 738 g/mol. The highest BCUT2D eigenvalue weighted by atomic mass is 16.5. The number of carbonyl (C=O) groups excluding carboxylic acids is 6. The van der Waals surface area contributed by atoms with Gasteiger partial charge in [-0.15, -0.1) is 0 Å². The molecular weight excluding hydrogens is 670 g/mol. The third-order valence-electron chi connectivity index (χ3n) is 10.2. The first-order valence-corrected chi connectivity index (χ1v) is 19.6. The van der Waals surface area contributed by atoms with Crippen LogP contribution >= 0.6 is 0 Å². The van der Waals surface area contributed by atoms with Gasteiger partial charge in [0.05, 0.1) is 12.5 Å². The normalized spacial score (nSPS) is 28.4. The number of hydrogen-bond acceptors (Lipinski definition) is 10. The van der Waals surface area contributed by atoms with Gasteiger partial charge in [0, 0.05) is 20.2 Å². The summed E-state index contributed by atoms with van der Waals surface area (Å²) in [6, 6.07) is -5.51. The van der Waals surface area contributed by atoms with Gasteiger partial charge in [0.25, 0.3) is 0 Å². The summed E-state index contributed by atoms with van der Waals surface area (Å²) in [5.74, 6) is -4.61. The van der Waals surface area contributed by atoms with E-state index >= 15 is 0 Å². The molecule has 1 aliphatic heterocycles. The molecule has 1 aliphatic carbocycles. The summed E-state index contributed by atoms with van der Waals surface area (Å²) in [4.78, 5) is 84.2. The second kappa shape index (κ2) is 24.1. The average Bonchev–Trinajstić information content (AvgIpc) is 3.42. The Balaban J connectivity index is 2.58. The Labute approximate surface area is 310 Å². The van der Waals surface area contributed by atoms with Crippen LogP contribution < -0.4 is 32.7 Å². The second-order valence-electron chi connectivity index (χ2n) is 14.4. The minimum absolute atomic E-state index is 0.202. The van der Waals surface area contributed by atoms with Crippen molar-refractivity contribution in [1.82, 2.24) is 26.2 Å². The first kappa shape index (κ1) is 44.9. The van der Waals surface area contributed by atoms with Gasteiger partial charge < -0.3 is 47.1 Å². The minimum atomic E-state index is -1.25. The molecule has 8 N–H and O–H groups in total. The summed E-state index contributed by atoms with van der Waals surface area (Å²) in [7, 11) is 1.56. The van der Waals surface area contributed by atoms with Crippen molar-refractivity contribution in [2.24, 2.45) is 23.3 Å². The Morgan fingerprint density at radius 3 is 2.02 bits per heavy atom. The molecule has 1 saturated carbocycles. The molecule has 15 heteroatoms. The number of cyclic esters (lactones) is 1. The van der Waals surface area contributed by atoms with Crippen molar-refractivity contribution in [1.29, 1.82) is 0 Å². The summed E-state index contributed by atoms with van der Waals surface area (Å²) in [5.41, 5.74) is 11.6. The zero-order valence-electron chi connectivity index (χ0n) is 32.2. The van der Waals surface area contributed by atoms with Crippen LogP contribution in [-0.4, -0.2) is 110 Å². The average molecular weight is 738 g/mol. The summed E-state index contributed by atoms with van der Waals surface area (Å²) < 4.78 is 11.6. The van der Waals surface area contributed by atoms with E-state index in [1.54, 1.807) is 14.0 Å².